The van der Waals surface area contributed by atoms with Gasteiger partial charge < -0.3 is 9.88 Å². The number of rotatable bonds is 7. The first-order chi connectivity index (χ1) is 13.2. The lowest BCUT2D eigenvalue weighted by molar-refractivity contribution is -0.113. The Bertz CT molecular complexity index is 952. The molecule has 0 saturated heterocycles. The molecule has 0 bridgehead atoms. The van der Waals surface area contributed by atoms with Gasteiger partial charge in [0.15, 0.2) is 5.16 Å². The van der Waals surface area contributed by atoms with Crippen LogP contribution < -0.4 is 5.32 Å². The molecule has 0 radical (unpaired) electrons. The first-order valence-corrected chi connectivity index (χ1v) is 10.0. The molecular weight excluding hydrogens is 386 g/mol. The van der Waals surface area contributed by atoms with Crippen LogP contribution in [0.4, 0.5) is 5.69 Å². The van der Waals surface area contributed by atoms with Gasteiger partial charge in [-0.1, -0.05) is 23.4 Å². The number of nitrogens with one attached hydrogen (secondary N) is 1. The third-order valence-electron chi connectivity index (χ3n) is 4.23. The summed E-state index contributed by atoms with van der Waals surface area (Å²) >= 11 is 7.47. The highest BCUT2D eigenvalue weighted by Gasteiger charge is 2.30. The van der Waals surface area contributed by atoms with Crippen LogP contribution in [0.2, 0.25) is 5.02 Å². The maximum Gasteiger partial charge on any atom is 0.234 e. The molecule has 1 amide bonds. The Hall–Kier alpha value is -2.39. The van der Waals surface area contributed by atoms with E-state index in [9.17, 15) is 4.79 Å². The van der Waals surface area contributed by atoms with Gasteiger partial charge in [0.05, 0.1) is 17.1 Å². The van der Waals surface area contributed by atoms with Crippen LogP contribution >= 0.6 is 23.4 Å². The van der Waals surface area contributed by atoms with E-state index in [-0.39, 0.29) is 11.7 Å². The van der Waals surface area contributed by atoms with E-state index in [1.807, 2.05) is 0 Å². The lowest BCUT2D eigenvalue weighted by Gasteiger charge is -2.11. The van der Waals surface area contributed by atoms with Crippen molar-refractivity contribution in [2.75, 3.05) is 11.1 Å². The third-order valence-corrected chi connectivity index (χ3v) is 5.44. The van der Waals surface area contributed by atoms with Crippen molar-refractivity contribution in [3.8, 4) is 5.69 Å². The third kappa shape index (κ3) is 3.98. The molecule has 0 spiro atoms. The largest absolute Gasteiger partial charge is 0.323 e. The SMILES string of the molecule is CCn1c(SCC(=O)Nc2cc(Cl)ccc2-n2cncn2)nnc1C1CC1. The summed E-state index contributed by atoms with van der Waals surface area (Å²) in [7, 11) is 0. The molecule has 1 aliphatic carbocycles. The van der Waals surface area contributed by atoms with E-state index in [1.165, 1.54) is 30.9 Å². The van der Waals surface area contributed by atoms with Crippen molar-refractivity contribution in [3.05, 3.63) is 41.7 Å². The van der Waals surface area contributed by atoms with Gasteiger partial charge in [-0.2, -0.15) is 5.10 Å². The fraction of sp³-hybridized carbons (Fsp3) is 0.353. The van der Waals surface area contributed by atoms with Gasteiger partial charge in [-0.3, -0.25) is 4.79 Å². The first-order valence-electron chi connectivity index (χ1n) is 8.66. The minimum Gasteiger partial charge on any atom is -0.323 e. The molecule has 10 heteroatoms. The lowest BCUT2D eigenvalue weighted by atomic mass is 10.2. The first kappa shape index (κ1) is 18.0. The van der Waals surface area contributed by atoms with E-state index in [2.05, 4.69) is 37.1 Å². The van der Waals surface area contributed by atoms with Crippen molar-refractivity contribution in [3.63, 3.8) is 0 Å². The van der Waals surface area contributed by atoms with Gasteiger partial charge in [0.1, 0.15) is 18.5 Å². The molecule has 0 unspecified atom stereocenters. The van der Waals surface area contributed by atoms with Gasteiger partial charge in [-0.25, -0.2) is 9.67 Å². The van der Waals surface area contributed by atoms with Crippen LogP contribution in [-0.4, -0.2) is 41.2 Å². The second-order valence-corrected chi connectivity index (χ2v) is 7.58. The van der Waals surface area contributed by atoms with Crippen molar-refractivity contribution in [1.29, 1.82) is 0 Å². The Morgan fingerprint density at radius 2 is 2.22 bits per heavy atom. The quantitative estimate of drug-likeness (QED) is 0.609. The molecule has 140 valence electrons. The van der Waals surface area contributed by atoms with Crippen LogP contribution in [0.15, 0.2) is 36.0 Å². The van der Waals surface area contributed by atoms with Crippen molar-refractivity contribution >= 4 is 35.0 Å². The van der Waals surface area contributed by atoms with Crippen molar-refractivity contribution < 1.29 is 4.79 Å². The van der Waals surface area contributed by atoms with E-state index < -0.39 is 0 Å². The molecule has 27 heavy (non-hydrogen) atoms. The maximum absolute atomic E-state index is 12.5. The van der Waals surface area contributed by atoms with Crippen LogP contribution in [0.1, 0.15) is 31.5 Å². The molecule has 0 atom stereocenters. The normalized spacial score (nSPS) is 13.7. The maximum atomic E-state index is 12.5. The molecule has 2 aromatic heterocycles. The number of amides is 1. The Morgan fingerprint density at radius 1 is 1.37 bits per heavy atom. The van der Waals surface area contributed by atoms with Gasteiger partial charge in [-0.05, 0) is 38.0 Å². The monoisotopic (exact) mass is 403 g/mol. The fourth-order valence-corrected chi connectivity index (χ4v) is 3.79. The molecular formula is C17H18ClN7OS. The number of thioether (sulfide) groups is 1. The zero-order valence-electron chi connectivity index (χ0n) is 14.7. The highest BCUT2D eigenvalue weighted by molar-refractivity contribution is 7.99. The fourth-order valence-electron chi connectivity index (χ4n) is 2.80. The molecule has 1 aliphatic rings. The zero-order valence-corrected chi connectivity index (χ0v) is 16.2. The number of halogens is 1. The van der Waals surface area contributed by atoms with Crippen molar-refractivity contribution in [2.24, 2.45) is 0 Å². The summed E-state index contributed by atoms with van der Waals surface area (Å²) in [6.45, 7) is 2.86. The summed E-state index contributed by atoms with van der Waals surface area (Å²) in [6, 6.07) is 5.22. The summed E-state index contributed by atoms with van der Waals surface area (Å²) in [5, 5.41) is 16.9. The topological polar surface area (TPSA) is 90.5 Å². The van der Waals surface area contributed by atoms with Gasteiger partial charge in [0.25, 0.3) is 0 Å². The second-order valence-electron chi connectivity index (χ2n) is 6.20. The zero-order chi connectivity index (χ0) is 18.8. The van der Waals surface area contributed by atoms with E-state index >= 15 is 0 Å². The number of anilines is 1. The average Bonchev–Trinajstić information content (AvgIpc) is 3.19. The van der Waals surface area contributed by atoms with E-state index in [0.29, 0.717) is 22.3 Å². The molecule has 1 aromatic carbocycles. The number of benzene rings is 1. The summed E-state index contributed by atoms with van der Waals surface area (Å²) in [5.41, 5.74) is 1.28. The summed E-state index contributed by atoms with van der Waals surface area (Å²) in [6.07, 6.45) is 5.34. The molecule has 1 N–H and O–H groups in total. The summed E-state index contributed by atoms with van der Waals surface area (Å²) in [4.78, 5) is 16.4. The van der Waals surface area contributed by atoms with E-state index in [0.717, 1.165) is 17.5 Å². The van der Waals surface area contributed by atoms with E-state index in [4.69, 9.17) is 11.6 Å². The number of hydrogen-bond acceptors (Lipinski definition) is 6. The van der Waals surface area contributed by atoms with Crippen LogP contribution in [0.3, 0.4) is 0 Å². The van der Waals surface area contributed by atoms with Crippen LogP contribution in [-0.2, 0) is 11.3 Å². The molecule has 2 heterocycles. The van der Waals surface area contributed by atoms with Crippen molar-refractivity contribution in [1.82, 2.24) is 29.5 Å². The Kier molecular flexibility index (Phi) is 5.13. The number of carbonyl (C=O) groups excluding carboxylic acids is 1. The Labute approximate surface area is 165 Å². The second kappa shape index (κ2) is 7.69. The van der Waals surface area contributed by atoms with Crippen LogP contribution in [0.5, 0.6) is 0 Å². The van der Waals surface area contributed by atoms with Gasteiger partial charge in [0, 0.05) is 17.5 Å². The van der Waals surface area contributed by atoms with Gasteiger partial charge in [-0.15, -0.1) is 10.2 Å². The highest BCUT2D eigenvalue weighted by Crippen LogP contribution is 2.40. The number of nitrogens with zero attached hydrogens (tertiary/aromatic N) is 6. The van der Waals surface area contributed by atoms with E-state index in [1.54, 1.807) is 29.2 Å². The lowest BCUT2D eigenvalue weighted by Crippen LogP contribution is -2.16. The predicted molar refractivity (Wildman–Crippen MR) is 103 cm³/mol. The Morgan fingerprint density at radius 3 is 2.93 bits per heavy atom. The predicted octanol–water partition coefficient (Wildman–Crippen LogP) is 3.14. The van der Waals surface area contributed by atoms with Crippen molar-refractivity contribution in [2.45, 2.75) is 37.4 Å². The van der Waals surface area contributed by atoms with Crippen LogP contribution in [0, 0.1) is 0 Å². The molecule has 0 aliphatic heterocycles. The molecule has 1 saturated carbocycles. The number of aromatic nitrogens is 6. The molecule has 8 nitrogen and oxygen atoms in total. The Balaban J connectivity index is 1.45. The van der Waals surface area contributed by atoms with Crippen LogP contribution in [0.25, 0.3) is 5.69 Å². The van der Waals surface area contributed by atoms with Gasteiger partial charge >= 0.3 is 0 Å². The number of carbonyl (C=O) groups is 1. The summed E-state index contributed by atoms with van der Waals surface area (Å²) < 4.78 is 3.67. The standard InChI is InChI=1S/C17H18ClN7OS/c1-2-24-16(11-3-4-11)22-23-17(24)27-8-15(26)21-13-7-12(18)5-6-14(13)25-10-19-9-20-25/h5-7,9-11H,2-4,8H2,1H3,(H,21,26). The minimum atomic E-state index is -0.151. The molecule has 4 rings (SSSR count). The minimum absolute atomic E-state index is 0.151. The summed E-state index contributed by atoms with van der Waals surface area (Å²) in [5.74, 6) is 1.63. The van der Waals surface area contributed by atoms with Gasteiger partial charge in [0.2, 0.25) is 5.91 Å². The number of hydrogen-bond donors (Lipinski definition) is 1. The molecule has 3 aromatic rings. The average molecular weight is 404 g/mol. The smallest absolute Gasteiger partial charge is 0.234 e. The highest BCUT2D eigenvalue weighted by atomic mass is 35.5. The molecule has 1 fully saturated rings.